The van der Waals surface area contributed by atoms with E-state index in [-0.39, 0.29) is 23.7 Å². The lowest BCUT2D eigenvalue weighted by molar-refractivity contribution is -0.128. The molecule has 1 aromatic heterocycles. The summed E-state index contributed by atoms with van der Waals surface area (Å²) in [6.45, 7) is 10.5. The molecule has 2 heterocycles. The molecule has 180 valence electrons. The van der Waals surface area contributed by atoms with E-state index in [0.29, 0.717) is 5.92 Å². The lowest BCUT2D eigenvalue weighted by Gasteiger charge is -2.34. The minimum atomic E-state index is -0.245. The molecule has 0 unspecified atom stereocenters. The van der Waals surface area contributed by atoms with Gasteiger partial charge in [0.25, 0.3) is 0 Å². The number of piperidine rings is 1. The van der Waals surface area contributed by atoms with Crippen molar-refractivity contribution in [1.29, 1.82) is 0 Å². The molecular weight excluding hydrogens is 415 g/mol. The molecule has 2 aliphatic rings. The smallest absolute Gasteiger partial charge is 0.223 e. The van der Waals surface area contributed by atoms with Crippen LogP contribution in [0.15, 0.2) is 24.3 Å². The van der Waals surface area contributed by atoms with E-state index < -0.39 is 0 Å². The lowest BCUT2D eigenvalue weighted by atomic mass is 9.84. The van der Waals surface area contributed by atoms with Crippen molar-refractivity contribution >= 4 is 5.91 Å². The molecule has 4 rings (SSSR count). The van der Waals surface area contributed by atoms with Gasteiger partial charge in [-0.05, 0) is 94.6 Å². The van der Waals surface area contributed by atoms with E-state index in [1.165, 1.54) is 23.0 Å². The maximum absolute atomic E-state index is 13.9. The van der Waals surface area contributed by atoms with Gasteiger partial charge in [0.2, 0.25) is 5.91 Å². The average molecular weight is 455 g/mol. The molecule has 1 aliphatic heterocycles. The number of aromatic nitrogens is 2. The van der Waals surface area contributed by atoms with E-state index >= 15 is 0 Å². The van der Waals surface area contributed by atoms with Crippen LogP contribution in [-0.2, 0) is 17.8 Å². The van der Waals surface area contributed by atoms with Gasteiger partial charge in [-0.25, -0.2) is 4.39 Å². The first kappa shape index (κ1) is 23.9. The van der Waals surface area contributed by atoms with Crippen molar-refractivity contribution in [3.63, 3.8) is 0 Å². The Morgan fingerprint density at radius 1 is 1.21 bits per heavy atom. The Hall–Kier alpha value is -2.21. The summed E-state index contributed by atoms with van der Waals surface area (Å²) in [6, 6.07) is 6.57. The summed E-state index contributed by atoms with van der Waals surface area (Å²) < 4.78 is 16.0. The van der Waals surface area contributed by atoms with Gasteiger partial charge in [-0.1, -0.05) is 25.5 Å². The number of amides is 1. The number of hydrogen-bond donors (Lipinski definition) is 1. The SMILES string of the molecule is CCc1nn(CC)c(C)c1C1CCN(CC[C@H](NC(=O)C2CCC2)c2cccc(F)c2)CC1. The monoisotopic (exact) mass is 454 g/mol. The molecule has 0 spiro atoms. The largest absolute Gasteiger partial charge is 0.349 e. The van der Waals surface area contributed by atoms with Crippen LogP contribution in [0, 0.1) is 18.7 Å². The minimum absolute atomic E-state index is 0.129. The fourth-order valence-corrected chi connectivity index (χ4v) is 5.48. The number of nitrogens with zero attached hydrogens (tertiary/aromatic N) is 3. The van der Waals surface area contributed by atoms with Crippen LogP contribution in [0.5, 0.6) is 0 Å². The Morgan fingerprint density at radius 2 is 1.97 bits per heavy atom. The zero-order valence-electron chi connectivity index (χ0n) is 20.4. The van der Waals surface area contributed by atoms with Crippen molar-refractivity contribution in [2.45, 2.75) is 84.2 Å². The molecule has 6 heteroatoms. The van der Waals surface area contributed by atoms with Crippen LogP contribution in [0.3, 0.4) is 0 Å². The fourth-order valence-electron chi connectivity index (χ4n) is 5.48. The minimum Gasteiger partial charge on any atom is -0.349 e. The van der Waals surface area contributed by atoms with Crippen molar-refractivity contribution < 1.29 is 9.18 Å². The van der Waals surface area contributed by atoms with Crippen molar-refractivity contribution in [2.24, 2.45) is 5.92 Å². The summed E-state index contributed by atoms with van der Waals surface area (Å²) in [5, 5.41) is 8.05. The number of nitrogens with one attached hydrogen (secondary N) is 1. The second-order valence-electron chi connectivity index (χ2n) is 9.76. The molecule has 5 nitrogen and oxygen atoms in total. The lowest BCUT2D eigenvalue weighted by Crippen LogP contribution is -2.39. The van der Waals surface area contributed by atoms with Crippen LogP contribution in [0.2, 0.25) is 0 Å². The van der Waals surface area contributed by atoms with Crippen LogP contribution in [0.25, 0.3) is 0 Å². The summed E-state index contributed by atoms with van der Waals surface area (Å²) in [7, 11) is 0. The summed E-state index contributed by atoms with van der Waals surface area (Å²) in [5.74, 6) is 0.598. The molecule has 1 saturated carbocycles. The highest BCUT2D eigenvalue weighted by molar-refractivity contribution is 5.79. The summed E-state index contributed by atoms with van der Waals surface area (Å²) in [4.78, 5) is 15.1. The van der Waals surface area contributed by atoms with Gasteiger partial charge >= 0.3 is 0 Å². The highest BCUT2D eigenvalue weighted by atomic mass is 19.1. The van der Waals surface area contributed by atoms with Crippen molar-refractivity contribution in [1.82, 2.24) is 20.0 Å². The topological polar surface area (TPSA) is 50.2 Å². The molecule has 1 N–H and O–H groups in total. The van der Waals surface area contributed by atoms with Crippen LogP contribution < -0.4 is 5.32 Å². The maximum Gasteiger partial charge on any atom is 0.223 e. The second kappa shape index (κ2) is 10.8. The third-order valence-corrected chi connectivity index (χ3v) is 7.74. The number of carbonyl (C=O) groups excluding carboxylic acids is 1. The number of halogens is 1. The van der Waals surface area contributed by atoms with E-state index in [2.05, 4.69) is 35.7 Å². The zero-order valence-corrected chi connectivity index (χ0v) is 20.4. The number of rotatable bonds is 9. The van der Waals surface area contributed by atoms with E-state index in [1.807, 2.05) is 6.07 Å². The highest BCUT2D eigenvalue weighted by Crippen LogP contribution is 2.34. The molecule has 1 aromatic carbocycles. The Balaban J connectivity index is 1.36. The van der Waals surface area contributed by atoms with E-state index in [1.54, 1.807) is 12.1 Å². The van der Waals surface area contributed by atoms with Crippen molar-refractivity contribution in [3.8, 4) is 0 Å². The van der Waals surface area contributed by atoms with Crippen molar-refractivity contribution in [3.05, 3.63) is 52.6 Å². The first-order chi connectivity index (χ1) is 16.0. The van der Waals surface area contributed by atoms with Gasteiger partial charge in [-0.3, -0.25) is 9.48 Å². The van der Waals surface area contributed by atoms with Gasteiger partial charge in [0.15, 0.2) is 0 Å². The van der Waals surface area contributed by atoms with Crippen LogP contribution in [-0.4, -0.2) is 40.2 Å². The summed E-state index contributed by atoms with van der Waals surface area (Å²) >= 11 is 0. The first-order valence-electron chi connectivity index (χ1n) is 12.8. The number of hydrogen-bond acceptors (Lipinski definition) is 3. The van der Waals surface area contributed by atoms with Gasteiger partial charge in [0.05, 0.1) is 11.7 Å². The molecule has 1 saturated heterocycles. The van der Waals surface area contributed by atoms with Gasteiger partial charge < -0.3 is 10.2 Å². The Labute approximate surface area is 197 Å². The fraction of sp³-hybridized carbons (Fsp3) is 0.630. The predicted octanol–water partition coefficient (Wildman–Crippen LogP) is 5.14. The van der Waals surface area contributed by atoms with Crippen LogP contribution in [0.4, 0.5) is 4.39 Å². The molecule has 1 atom stereocenters. The zero-order chi connectivity index (χ0) is 23.4. The average Bonchev–Trinajstić information content (AvgIpc) is 3.11. The Bertz CT molecular complexity index is 944. The van der Waals surface area contributed by atoms with Crippen molar-refractivity contribution in [2.75, 3.05) is 19.6 Å². The molecule has 2 fully saturated rings. The van der Waals surface area contributed by atoms with Gasteiger partial charge in [-0.15, -0.1) is 0 Å². The van der Waals surface area contributed by atoms with E-state index in [0.717, 1.165) is 76.7 Å². The summed E-state index contributed by atoms with van der Waals surface area (Å²) in [5.41, 5.74) is 4.94. The third-order valence-electron chi connectivity index (χ3n) is 7.74. The van der Waals surface area contributed by atoms with Crippen LogP contribution in [0.1, 0.15) is 86.8 Å². The Morgan fingerprint density at radius 3 is 2.58 bits per heavy atom. The first-order valence-corrected chi connectivity index (χ1v) is 12.8. The second-order valence-corrected chi connectivity index (χ2v) is 9.76. The van der Waals surface area contributed by atoms with Gasteiger partial charge in [-0.2, -0.15) is 5.10 Å². The molecule has 0 radical (unpaired) electrons. The molecule has 33 heavy (non-hydrogen) atoms. The summed E-state index contributed by atoms with van der Waals surface area (Å²) in [6.07, 6.45) is 7.16. The number of aryl methyl sites for hydroxylation is 2. The Kier molecular flexibility index (Phi) is 7.84. The normalized spacial score (nSPS) is 18.8. The standard InChI is InChI=1S/C27H39FN4O/c1-4-24-26(19(3)32(5-2)30-24)20-12-15-31(16-13-20)17-14-25(22-10-7-11-23(28)18-22)29-27(33)21-8-6-9-21/h7,10-11,18,20-21,25H,4-6,8-9,12-17H2,1-3H3,(H,29,33)/t25-/m0/s1. The molecule has 2 aromatic rings. The van der Waals surface area contributed by atoms with Gasteiger partial charge in [0.1, 0.15) is 5.82 Å². The third kappa shape index (κ3) is 5.48. The number of benzene rings is 1. The van der Waals surface area contributed by atoms with Gasteiger partial charge in [0, 0.05) is 24.7 Å². The molecule has 1 aliphatic carbocycles. The highest BCUT2D eigenvalue weighted by Gasteiger charge is 2.29. The van der Waals surface area contributed by atoms with Crippen LogP contribution >= 0.6 is 0 Å². The molecule has 0 bridgehead atoms. The molecule has 1 amide bonds. The van der Waals surface area contributed by atoms with E-state index in [9.17, 15) is 9.18 Å². The quantitative estimate of drug-likeness (QED) is 0.571. The number of likely N-dealkylation sites (tertiary alicyclic amines) is 1. The maximum atomic E-state index is 13.9. The molecular formula is C27H39FN4O. The number of carbonyl (C=O) groups is 1. The predicted molar refractivity (Wildman–Crippen MR) is 130 cm³/mol. The van der Waals surface area contributed by atoms with E-state index in [4.69, 9.17) is 5.10 Å².